The molecule has 0 atom stereocenters. The van der Waals surface area contributed by atoms with Crippen LogP contribution in [0, 0.1) is 0 Å². The van der Waals surface area contributed by atoms with E-state index in [1.807, 2.05) is 0 Å². The van der Waals surface area contributed by atoms with Gasteiger partial charge in [-0.05, 0) is 26.6 Å². The van der Waals surface area contributed by atoms with Crippen molar-refractivity contribution >= 4 is 24.6 Å². The monoisotopic (exact) mass is 256 g/mol. The summed E-state index contributed by atoms with van der Waals surface area (Å²) in [6, 6.07) is 0. The average Bonchev–Trinajstić information content (AvgIpc) is 1.97. The summed E-state index contributed by atoms with van der Waals surface area (Å²) in [5.74, 6) is -0.809. The zero-order valence-electron chi connectivity index (χ0n) is 9.27. The van der Waals surface area contributed by atoms with Gasteiger partial charge in [0, 0.05) is 0 Å². The van der Waals surface area contributed by atoms with Crippen LogP contribution in [0.2, 0.25) is 19.6 Å². The van der Waals surface area contributed by atoms with Crippen LogP contribution < -0.4 is 0 Å². The van der Waals surface area contributed by atoms with E-state index in [0.717, 1.165) is 0 Å². The Labute approximate surface area is 90.8 Å². The van der Waals surface area contributed by atoms with Gasteiger partial charge < -0.3 is 13.3 Å². The van der Waals surface area contributed by atoms with Gasteiger partial charge in [0.15, 0.2) is 0 Å². The molecule has 0 aromatic rings. The van der Waals surface area contributed by atoms with Crippen molar-refractivity contribution < 1.29 is 26.6 Å². The highest BCUT2D eigenvalue weighted by Gasteiger charge is 2.25. The van der Waals surface area contributed by atoms with Crippen LogP contribution in [0.1, 0.15) is 6.92 Å². The Bertz CT molecular complexity index is 304. The largest absolute Gasteiger partial charge is 0.509 e. The van der Waals surface area contributed by atoms with Gasteiger partial charge in [0.25, 0.3) is 10.1 Å². The molecule has 90 valence electrons. The summed E-state index contributed by atoms with van der Waals surface area (Å²) < 4.78 is 36.0. The third-order valence-electron chi connectivity index (χ3n) is 0.960. The lowest BCUT2D eigenvalue weighted by atomic mass is 10.9. The van der Waals surface area contributed by atoms with E-state index in [1.54, 1.807) is 26.6 Å². The van der Waals surface area contributed by atoms with Crippen molar-refractivity contribution in [3.63, 3.8) is 0 Å². The highest BCUT2D eigenvalue weighted by molar-refractivity contribution is 7.87. The molecule has 0 radical (unpaired) electrons. The Morgan fingerprint density at radius 3 is 2.13 bits per heavy atom. The van der Waals surface area contributed by atoms with E-state index in [2.05, 4.69) is 9.47 Å². The van der Waals surface area contributed by atoms with E-state index >= 15 is 0 Å². The van der Waals surface area contributed by atoms with Gasteiger partial charge in [0.1, 0.15) is 0 Å². The second-order valence-corrected chi connectivity index (χ2v) is 9.94. The quantitative estimate of drug-likeness (QED) is 0.545. The molecule has 15 heavy (non-hydrogen) atoms. The SMILES string of the molecule is CCOC(=O)OCS(=O)(=O)O[Si](C)(C)C. The third kappa shape index (κ3) is 8.40. The van der Waals surface area contributed by atoms with Crippen molar-refractivity contribution in [2.24, 2.45) is 0 Å². The Balaban J connectivity index is 4.12. The molecule has 0 aliphatic heterocycles. The van der Waals surface area contributed by atoms with Gasteiger partial charge >= 0.3 is 6.16 Å². The summed E-state index contributed by atoms with van der Waals surface area (Å²) in [4.78, 5) is 10.7. The van der Waals surface area contributed by atoms with Gasteiger partial charge in [-0.15, -0.1) is 0 Å². The van der Waals surface area contributed by atoms with Crippen molar-refractivity contribution in [3.05, 3.63) is 0 Å². The Hall–Kier alpha value is -0.603. The molecule has 0 unspecified atom stereocenters. The maximum Gasteiger partial charge on any atom is 0.509 e. The molecule has 0 heterocycles. The van der Waals surface area contributed by atoms with E-state index in [9.17, 15) is 13.2 Å². The van der Waals surface area contributed by atoms with E-state index in [1.165, 1.54) is 0 Å². The number of carbonyl (C=O) groups excluding carboxylic acids is 1. The molecule has 0 rings (SSSR count). The normalized spacial score (nSPS) is 12.3. The molecule has 0 bridgehead atoms. The molecule has 0 aliphatic rings. The first-order valence-electron chi connectivity index (χ1n) is 4.39. The van der Waals surface area contributed by atoms with E-state index < -0.39 is 30.5 Å². The fourth-order valence-electron chi connectivity index (χ4n) is 0.685. The highest BCUT2D eigenvalue weighted by atomic mass is 32.2. The maximum atomic E-state index is 11.2. The van der Waals surface area contributed by atoms with Crippen LogP contribution >= 0.6 is 0 Å². The van der Waals surface area contributed by atoms with Crippen LogP contribution in [0.4, 0.5) is 4.79 Å². The molecular formula is C7H16O6SSi. The minimum Gasteiger partial charge on any atom is -0.435 e. The first-order chi connectivity index (χ1) is 6.66. The standard InChI is InChI=1S/C7H16O6SSi/c1-5-11-7(8)12-6-14(9,10)13-15(2,3)4/h5-6H2,1-4H3. The smallest absolute Gasteiger partial charge is 0.435 e. The number of rotatable bonds is 5. The molecule has 0 N–H and O–H groups in total. The molecule has 0 fully saturated rings. The molecule has 0 amide bonds. The molecule has 0 aromatic carbocycles. The molecule has 0 spiro atoms. The summed E-state index contributed by atoms with van der Waals surface area (Å²) in [6.45, 7) is 6.88. The van der Waals surface area contributed by atoms with Crippen LogP contribution in [-0.4, -0.2) is 35.4 Å². The summed E-state index contributed by atoms with van der Waals surface area (Å²) in [5.41, 5.74) is 0. The van der Waals surface area contributed by atoms with Crippen LogP contribution in [0.25, 0.3) is 0 Å². The fourth-order valence-corrected chi connectivity index (χ4v) is 4.16. The predicted molar refractivity (Wildman–Crippen MR) is 56.3 cm³/mol. The molecule has 0 saturated carbocycles. The van der Waals surface area contributed by atoms with Crippen LogP contribution in [0.15, 0.2) is 0 Å². The molecule has 6 nitrogen and oxygen atoms in total. The summed E-state index contributed by atoms with van der Waals surface area (Å²) >= 11 is 0. The molecule has 0 aliphatic carbocycles. The first-order valence-corrected chi connectivity index (χ1v) is 9.38. The van der Waals surface area contributed by atoms with Gasteiger partial charge in [0.05, 0.1) is 6.61 Å². The number of carbonyl (C=O) groups is 1. The zero-order valence-corrected chi connectivity index (χ0v) is 11.1. The third-order valence-corrected chi connectivity index (χ3v) is 4.38. The first kappa shape index (κ1) is 14.4. The lowest BCUT2D eigenvalue weighted by Gasteiger charge is -2.16. The van der Waals surface area contributed by atoms with Crippen molar-refractivity contribution in [1.82, 2.24) is 0 Å². The summed E-state index contributed by atoms with van der Waals surface area (Å²) in [7, 11) is -6.02. The molecule has 8 heteroatoms. The highest BCUT2D eigenvalue weighted by Crippen LogP contribution is 2.08. The Morgan fingerprint density at radius 2 is 1.73 bits per heavy atom. The van der Waals surface area contributed by atoms with Crippen molar-refractivity contribution in [1.29, 1.82) is 0 Å². The van der Waals surface area contributed by atoms with Gasteiger partial charge in [0.2, 0.25) is 14.3 Å². The lowest BCUT2D eigenvalue weighted by Crippen LogP contribution is -2.31. The van der Waals surface area contributed by atoms with Crippen molar-refractivity contribution in [3.8, 4) is 0 Å². The van der Waals surface area contributed by atoms with E-state index in [4.69, 9.17) is 3.87 Å². The topological polar surface area (TPSA) is 78.9 Å². The summed E-state index contributed by atoms with van der Waals surface area (Å²) in [6.07, 6.45) is -1.01. The zero-order chi connectivity index (χ0) is 12.1. The van der Waals surface area contributed by atoms with Crippen LogP contribution in [0.3, 0.4) is 0 Å². The van der Waals surface area contributed by atoms with Crippen LogP contribution in [-0.2, 0) is 23.5 Å². The second kappa shape index (κ2) is 5.47. The second-order valence-electron chi connectivity index (χ2n) is 3.70. The van der Waals surface area contributed by atoms with Crippen LogP contribution in [0.5, 0.6) is 0 Å². The maximum absolute atomic E-state index is 11.2. The molecule has 0 aromatic heterocycles. The Kier molecular flexibility index (Phi) is 5.25. The number of hydrogen-bond acceptors (Lipinski definition) is 6. The number of hydrogen-bond donors (Lipinski definition) is 0. The van der Waals surface area contributed by atoms with Gasteiger partial charge in [-0.25, -0.2) is 4.79 Å². The van der Waals surface area contributed by atoms with E-state index in [-0.39, 0.29) is 6.61 Å². The van der Waals surface area contributed by atoms with Gasteiger partial charge in [-0.3, -0.25) is 0 Å². The minimum absolute atomic E-state index is 0.133. The number of ether oxygens (including phenoxy) is 2. The molecular weight excluding hydrogens is 240 g/mol. The van der Waals surface area contributed by atoms with Crippen molar-refractivity contribution in [2.75, 3.05) is 12.5 Å². The lowest BCUT2D eigenvalue weighted by molar-refractivity contribution is 0.0703. The van der Waals surface area contributed by atoms with Gasteiger partial charge in [-0.1, -0.05) is 0 Å². The molecule has 0 saturated heterocycles. The summed E-state index contributed by atoms with van der Waals surface area (Å²) in [5, 5.41) is 0. The predicted octanol–water partition coefficient (Wildman–Crippen LogP) is 1.30. The fraction of sp³-hybridized carbons (Fsp3) is 0.857. The minimum atomic E-state index is -3.81. The van der Waals surface area contributed by atoms with Crippen molar-refractivity contribution in [2.45, 2.75) is 26.6 Å². The Morgan fingerprint density at radius 1 is 1.20 bits per heavy atom. The average molecular weight is 256 g/mol. The van der Waals surface area contributed by atoms with E-state index in [0.29, 0.717) is 0 Å². The van der Waals surface area contributed by atoms with Gasteiger partial charge in [-0.2, -0.15) is 8.42 Å².